The molecule has 0 radical (unpaired) electrons. The standard InChI is InChI=1S/C20H29N3O6S/c1-13(2)10-19(24)22-9-8-14-11-17(20(25)21-26)23(18(14)12-22)30(27,28)16-6-4-15(29-3)5-7-16/h4-7,13-14,17-18,26H,8-12H2,1-3H3,(H,21,25). The highest BCUT2D eigenvalue weighted by atomic mass is 32.2. The second-order valence-corrected chi connectivity index (χ2v) is 10.1. The lowest BCUT2D eigenvalue weighted by Gasteiger charge is -2.38. The third kappa shape index (κ3) is 4.30. The van der Waals surface area contributed by atoms with Crippen LogP contribution in [-0.2, 0) is 19.6 Å². The van der Waals surface area contributed by atoms with E-state index >= 15 is 0 Å². The van der Waals surface area contributed by atoms with E-state index in [1.165, 1.54) is 23.5 Å². The molecule has 0 saturated carbocycles. The van der Waals surface area contributed by atoms with E-state index in [2.05, 4.69) is 0 Å². The Bertz CT molecular complexity index is 886. The van der Waals surface area contributed by atoms with Crippen molar-refractivity contribution in [1.29, 1.82) is 0 Å². The third-order valence-electron chi connectivity index (χ3n) is 5.86. The maximum Gasteiger partial charge on any atom is 0.261 e. The number of carbonyl (C=O) groups excluding carboxylic acids is 2. The first kappa shape index (κ1) is 22.5. The molecule has 9 nitrogen and oxygen atoms in total. The van der Waals surface area contributed by atoms with Gasteiger partial charge in [-0.1, -0.05) is 13.8 Å². The highest BCUT2D eigenvalue weighted by Gasteiger charge is 2.52. The molecule has 2 fully saturated rings. The molecule has 2 saturated heterocycles. The monoisotopic (exact) mass is 439 g/mol. The topological polar surface area (TPSA) is 116 Å². The number of ether oxygens (including phenoxy) is 1. The number of sulfonamides is 1. The molecule has 0 spiro atoms. The molecule has 0 aromatic heterocycles. The third-order valence-corrected chi connectivity index (χ3v) is 7.81. The number of methoxy groups -OCH3 is 1. The van der Waals surface area contributed by atoms with Crippen molar-refractivity contribution in [2.24, 2.45) is 11.8 Å². The van der Waals surface area contributed by atoms with Crippen molar-refractivity contribution in [2.45, 2.75) is 50.1 Å². The number of rotatable bonds is 6. The Hall–Kier alpha value is -2.17. The number of fused-ring (bicyclic) bond motifs is 1. The number of amides is 2. The zero-order chi connectivity index (χ0) is 22.1. The Labute approximate surface area is 177 Å². The zero-order valence-electron chi connectivity index (χ0n) is 17.4. The molecule has 3 rings (SSSR count). The van der Waals surface area contributed by atoms with Crippen molar-refractivity contribution in [1.82, 2.24) is 14.7 Å². The molecule has 166 valence electrons. The first-order valence-electron chi connectivity index (χ1n) is 10.1. The van der Waals surface area contributed by atoms with Crippen LogP contribution in [0.3, 0.4) is 0 Å². The van der Waals surface area contributed by atoms with Gasteiger partial charge in [-0.25, -0.2) is 13.9 Å². The molecule has 30 heavy (non-hydrogen) atoms. The number of hydroxylamine groups is 1. The van der Waals surface area contributed by atoms with E-state index in [9.17, 15) is 23.2 Å². The summed E-state index contributed by atoms with van der Waals surface area (Å²) < 4.78 is 33.3. The lowest BCUT2D eigenvalue weighted by Crippen LogP contribution is -2.54. The van der Waals surface area contributed by atoms with Gasteiger partial charge in [0.2, 0.25) is 15.9 Å². The van der Waals surface area contributed by atoms with Gasteiger partial charge >= 0.3 is 0 Å². The van der Waals surface area contributed by atoms with E-state index in [-0.39, 0.29) is 29.2 Å². The number of carbonyl (C=O) groups is 2. The van der Waals surface area contributed by atoms with Crippen molar-refractivity contribution in [2.75, 3.05) is 20.2 Å². The lowest BCUT2D eigenvalue weighted by atomic mass is 9.91. The number of hydrogen-bond acceptors (Lipinski definition) is 6. The average Bonchev–Trinajstić information content (AvgIpc) is 3.12. The fraction of sp³-hybridized carbons (Fsp3) is 0.600. The first-order valence-corrected chi connectivity index (χ1v) is 11.5. The minimum atomic E-state index is -4.04. The average molecular weight is 440 g/mol. The van der Waals surface area contributed by atoms with Crippen molar-refractivity contribution >= 4 is 21.8 Å². The first-order chi connectivity index (χ1) is 14.2. The van der Waals surface area contributed by atoms with E-state index in [0.29, 0.717) is 31.6 Å². The predicted molar refractivity (Wildman–Crippen MR) is 108 cm³/mol. The van der Waals surface area contributed by atoms with Crippen LogP contribution in [0.5, 0.6) is 5.75 Å². The summed E-state index contributed by atoms with van der Waals surface area (Å²) in [6, 6.07) is 4.39. The lowest BCUT2D eigenvalue weighted by molar-refractivity contribution is -0.134. The summed E-state index contributed by atoms with van der Waals surface area (Å²) in [5.41, 5.74) is 1.60. The van der Waals surface area contributed by atoms with Gasteiger partial charge in [-0.15, -0.1) is 0 Å². The summed E-state index contributed by atoms with van der Waals surface area (Å²) in [6.45, 7) is 4.70. The Morgan fingerprint density at radius 2 is 1.93 bits per heavy atom. The van der Waals surface area contributed by atoms with Crippen LogP contribution in [0.15, 0.2) is 29.2 Å². The summed E-state index contributed by atoms with van der Waals surface area (Å²) in [5.74, 6) is -0.128. The molecule has 0 aliphatic carbocycles. The number of nitrogens with one attached hydrogen (secondary N) is 1. The molecular formula is C20H29N3O6S. The van der Waals surface area contributed by atoms with Gasteiger partial charge in [0.1, 0.15) is 11.8 Å². The molecule has 2 N–H and O–H groups in total. The quantitative estimate of drug-likeness (QED) is 0.509. The molecule has 2 amide bonds. The fourth-order valence-electron chi connectivity index (χ4n) is 4.38. The molecule has 0 bridgehead atoms. The van der Waals surface area contributed by atoms with E-state index in [4.69, 9.17) is 4.74 Å². The van der Waals surface area contributed by atoms with E-state index in [1.54, 1.807) is 22.5 Å². The Balaban J connectivity index is 1.94. The molecule has 1 aromatic rings. The minimum absolute atomic E-state index is 0.0136. The van der Waals surface area contributed by atoms with Crippen LogP contribution in [0.1, 0.15) is 33.1 Å². The predicted octanol–water partition coefficient (Wildman–Crippen LogP) is 1.23. The number of likely N-dealkylation sites (tertiary alicyclic amines) is 1. The highest BCUT2D eigenvalue weighted by Crippen LogP contribution is 2.40. The van der Waals surface area contributed by atoms with Crippen LogP contribution in [0.25, 0.3) is 0 Å². The number of nitrogens with zero attached hydrogens (tertiary/aromatic N) is 2. The maximum absolute atomic E-state index is 13.5. The van der Waals surface area contributed by atoms with Crippen molar-refractivity contribution in [3.8, 4) is 5.75 Å². The summed E-state index contributed by atoms with van der Waals surface area (Å²) >= 11 is 0. The van der Waals surface area contributed by atoms with Crippen molar-refractivity contribution in [3.05, 3.63) is 24.3 Å². The van der Waals surface area contributed by atoms with Crippen LogP contribution in [0, 0.1) is 11.8 Å². The van der Waals surface area contributed by atoms with Gasteiger partial charge < -0.3 is 9.64 Å². The summed E-state index contributed by atoms with van der Waals surface area (Å²) in [7, 11) is -2.56. The molecule has 3 atom stereocenters. The van der Waals surface area contributed by atoms with Crippen LogP contribution in [0.4, 0.5) is 0 Å². The molecule has 2 aliphatic heterocycles. The van der Waals surface area contributed by atoms with Gasteiger partial charge in [0.25, 0.3) is 5.91 Å². The van der Waals surface area contributed by atoms with Crippen molar-refractivity contribution < 1.29 is 28.0 Å². The summed E-state index contributed by atoms with van der Waals surface area (Å²) in [4.78, 5) is 26.7. The Morgan fingerprint density at radius 3 is 2.50 bits per heavy atom. The molecule has 2 aliphatic rings. The largest absolute Gasteiger partial charge is 0.497 e. The van der Waals surface area contributed by atoms with E-state index < -0.39 is 28.0 Å². The fourth-order valence-corrected chi connectivity index (χ4v) is 6.22. The smallest absolute Gasteiger partial charge is 0.261 e. The molecule has 10 heteroatoms. The number of piperidine rings is 1. The van der Waals surface area contributed by atoms with Crippen molar-refractivity contribution in [3.63, 3.8) is 0 Å². The second kappa shape index (κ2) is 8.91. The van der Waals surface area contributed by atoms with Gasteiger partial charge in [-0.3, -0.25) is 14.8 Å². The zero-order valence-corrected chi connectivity index (χ0v) is 18.3. The van der Waals surface area contributed by atoms with Crippen LogP contribution in [-0.4, -0.2) is 66.9 Å². The van der Waals surface area contributed by atoms with Crippen LogP contribution < -0.4 is 10.2 Å². The van der Waals surface area contributed by atoms with Gasteiger partial charge in [0.05, 0.1) is 12.0 Å². The van der Waals surface area contributed by atoms with E-state index in [0.717, 1.165) is 0 Å². The van der Waals surface area contributed by atoms with Gasteiger partial charge in [0.15, 0.2) is 0 Å². The SMILES string of the molecule is COc1ccc(S(=O)(=O)N2C(C(=O)NO)CC3CCN(C(=O)CC(C)C)CC32)cc1. The Kier molecular flexibility index (Phi) is 6.68. The summed E-state index contributed by atoms with van der Waals surface area (Å²) in [6.07, 6.45) is 1.31. The number of hydrogen-bond donors (Lipinski definition) is 2. The van der Waals surface area contributed by atoms with Gasteiger partial charge in [-0.05, 0) is 48.9 Å². The van der Waals surface area contributed by atoms with Gasteiger partial charge in [-0.2, -0.15) is 4.31 Å². The minimum Gasteiger partial charge on any atom is -0.497 e. The van der Waals surface area contributed by atoms with Crippen LogP contribution in [0.2, 0.25) is 0 Å². The molecule has 2 heterocycles. The highest BCUT2D eigenvalue weighted by molar-refractivity contribution is 7.89. The maximum atomic E-state index is 13.5. The Morgan fingerprint density at radius 1 is 1.27 bits per heavy atom. The van der Waals surface area contributed by atoms with Crippen LogP contribution >= 0.6 is 0 Å². The number of benzene rings is 1. The normalized spacial score (nSPS) is 24.6. The second-order valence-electron chi connectivity index (χ2n) is 8.29. The van der Waals surface area contributed by atoms with E-state index in [1.807, 2.05) is 13.8 Å². The molecular weight excluding hydrogens is 410 g/mol. The van der Waals surface area contributed by atoms with Gasteiger partial charge in [0, 0.05) is 25.6 Å². The summed E-state index contributed by atoms with van der Waals surface area (Å²) in [5, 5.41) is 9.19. The molecule has 3 unspecified atom stereocenters. The molecule has 1 aromatic carbocycles.